The number of anilines is 2. The van der Waals surface area contributed by atoms with Crippen molar-refractivity contribution in [1.82, 2.24) is 4.90 Å². The standard InChI is InChI=1S/C23H31N3O/c1-4-18(2)21-12-8-9-13-22(21)24-23(27)19(3)25-14-16-26(17-15-25)20-10-6-5-7-11-20/h5-13,18-19H,4,14-17H2,1-3H3,(H,24,27)/t18-,19+/m0/s1. The molecule has 0 unspecified atom stereocenters. The second-order valence-corrected chi connectivity index (χ2v) is 7.42. The molecule has 0 aromatic heterocycles. The summed E-state index contributed by atoms with van der Waals surface area (Å²) < 4.78 is 0. The van der Waals surface area contributed by atoms with Gasteiger partial charge in [0.1, 0.15) is 0 Å². The molecule has 4 nitrogen and oxygen atoms in total. The first-order valence-electron chi connectivity index (χ1n) is 10.0. The Balaban J connectivity index is 1.59. The summed E-state index contributed by atoms with van der Waals surface area (Å²) in [5, 5.41) is 3.17. The smallest absolute Gasteiger partial charge is 0.241 e. The number of carbonyl (C=O) groups is 1. The summed E-state index contributed by atoms with van der Waals surface area (Å²) in [7, 11) is 0. The van der Waals surface area contributed by atoms with E-state index in [1.807, 2.05) is 31.2 Å². The van der Waals surface area contributed by atoms with Crippen molar-refractivity contribution in [1.29, 1.82) is 0 Å². The Labute approximate surface area is 163 Å². The van der Waals surface area contributed by atoms with Gasteiger partial charge < -0.3 is 10.2 Å². The summed E-state index contributed by atoms with van der Waals surface area (Å²) in [6.45, 7) is 10.1. The first kappa shape index (κ1) is 19.4. The van der Waals surface area contributed by atoms with Crippen molar-refractivity contribution in [2.75, 3.05) is 36.4 Å². The Morgan fingerprint density at radius 1 is 0.963 bits per heavy atom. The lowest BCUT2D eigenvalue weighted by Gasteiger charge is -2.38. The van der Waals surface area contributed by atoms with Crippen LogP contribution in [0.25, 0.3) is 0 Å². The number of benzene rings is 2. The molecule has 2 aromatic carbocycles. The van der Waals surface area contributed by atoms with Crippen LogP contribution in [0.5, 0.6) is 0 Å². The molecule has 144 valence electrons. The van der Waals surface area contributed by atoms with Crippen molar-refractivity contribution in [2.45, 2.75) is 39.2 Å². The number of hydrogen-bond donors (Lipinski definition) is 1. The quantitative estimate of drug-likeness (QED) is 0.827. The fraction of sp³-hybridized carbons (Fsp3) is 0.435. The maximum atomic E-state index is 12.9. The third kappa shape index (κ3) is 4.69. The van der Waals surface area contributed by atoms with Gasteiger partial charge in [-0.15, -0.1) is 0 Å². The van der Waals surface area contributed by atoms with Crippen LogP contribution in [0.1, 0.15) is 38.7 Å². The summed E-state index contributed by atoms with van der Waals surface area (Å²) in [4.78, 5) is 17.5. The van der Waals surface area contributed by atoms with Crippen molar-refractivity contribution >= 4 is 17.3 Å². The molecule has 1 N–H and O–H groups in total. The average Bonchev–Trinajstić information content (AvgIpc) is 2.73. The highest BCUT2D eigenvalue weighted by molar-refractivity contribution is 5.95. The van der Waals surface area contributed by atoms with Gasteiger partial charge >= 0.3 is 0 Å². The van der Waals surface area contributed by atoms with Crippen LogP contribution in [-0.4, -0.2) is 43.0 Å². The van der Waals surface area contributed by atoms with Crippen molar-refractivity contribution in [3.8, 4) is 0 Å². The van der Waals surface area contributed by atoms with Gasteiger partial charge in [-0.05, 0) is 43.0 Å². The van der Waals surface area contributed by atoms with Crippen LogP contribution in [0.4, 0.5) is 11.4 Å². The van der Waals surface area contributed by atoms with Crippen molar-refractivity contribution in [2.24, 2.45) is 0 Å². The molecule has 0 saturated carbocycles. The molecule has 0 radical (unpaired) electrons. The molecule has 0 aliphatic carbocycles. The van der Waals surface area contributed by atoms with Crippen molar-refractivity contribution in [3.63, 3.8) is 0 Å². The Morgan fingerprint density at radius 2 is 1.59 bits per heavy atom. The normalized spacial score (nSPS) is 17.4. The number of rotatable bonds is 6. The van der Waals surface area contributed by atoms with Crippen LogP contribution in [0.3, 0.4) is 0 Å². The molecule has 0 spiro atoms. The molecule has 1 fully saturated rings. The average molecular weight is 366 g/mol. The lowest BCUT2D eigenvalue weighted by atomic mass is 9.97. The highest BCUT2D eigenvalue weighted by Crippen LogP contribution is 2.27. The lowest BCUT2D eigenvalue weighted by molar-refractivity contribution is -0.120. The minimum absolute atomic E-state index is 0.0823. The van der Waals surface area contributed by atoms with Crippen LogP contribution in [-0.2, 0) is 4.79 Å². The molecule has 27 heavy (non-hydrogen) atoms. The minimum atomic E-state index is -0.132. The molecule has 1 saturated heterocycles. The van der Waals surface area contributed by atoms with E-state index in [1.54, 1.807) is 0 Å². The highest BCUT2D eigenvalue weighted by Gasteiger charge is 2.26. The van der Waals surface area contributed by atoms with Crippen molar-refractivity contribution in [3.05, 3.63) is 60.2 Å². The molecule has 0 bridgehead atoms. The summed E-state index contributed by atoms with van der Waals surface area (Å²) in [5.74, 6) is 0.519. The van der Waals surface area contributed by atoms with E-state index < -0.39 is 0 Å². The Hall–Kier alpha value is -2.33. The minimum Gasteiger partial charge on any atom is -0.369 e. The number of piperazine rings is 1. The van der Waals surface area contributed by atoms with E-state index in [9.17, 15) is 4.79 Å². The Kier molecular flexibility index (Phi) is 6.51. The molecule has 1 amide bonds. The largest absolute Gasteiger partial charge is 0.369 e. The van der Waals surface area contributed by atoms with Gasteiger partial charge in [0.15, 0.2) is 0 Å². The van der Waals surface area contributed by atoms with E-state index in [0.29, 0.717) is 5.92 Å². The SMILES string of the molecule is CC[C@H](C)c1ccccc1NC(=O)[C@@H](C)N1CCN(c2ccccc2)CC1. The zero-order chi connectivity index (χ0) is 19.2. The number of carbonyl (C=O) groups excluding carboxylic acids is 1. The van der Waals surface area contributed by atoms with Crippen LogP contribution >= 0.6 is 0 Å². The predicted molar refractivity (Wildman–Crippen MR) is 113 cm³/mol. The van der Waals surface area contributed by atoms with Gasteiger partial charge in [-0.3, -0.25) is 9.69 Å². The predicted octanol–water partition coefficient (Wildman–Crippen LogP) is 4.35. The molecular weight excluding hydrogens is 334 g/mol. The molecule has 2 atom stereocenters. The van der Waals surface area contributed by atoms with Gasteiger partial charge in [0.2, 0.25) is 5.91 Å². The monoisotopic (exact) mass is 365 g/mol. The summed E-state index contributed by atoms with van der Waals surface area (Å²) in [5.41, 5.74) is 3.43. The number of nitrogens with one attached hydrogen (secondary N) is 1. The maximum absolute atomic E-state index is 12.9. The van der Waals surface area contributed by atoms with Gasteiger partial charge in [0, 0.05) is 37.6 Å². The molecule has 1 aliphatic rings. The number of hydrogen-bond acceptors (Lipinski definition) is 3. The van der Waals surface area contributed by atoms with Gasteiger partial charge in [-0.1, -0.05) is 50.2 Å². The second-order valence-electron chi connectivity index (χ2n) is 7.42. The summed E-state index contributed by atoms with van der Waals surface area (Å²) >= 11 is 0. The number of para-hydroxylation sites is 2. The molecule has 1 heterocycles. The van der Waals surface area contributed by atoms with Crippen LogP contribution in [0.2, 0.25) is 0 Å². The molecule has 1 aliphatic heterocycles. The first-order chi connectivity index (χ1) is 13.1. The van der Waals surface area contributed by atoms with Gasteiger partial charge in [-0.2, -0.15) is 0 Å². The van der Waals surface area contributed by atoms with Crippen molar-refractivity contribution < 1.29 is 4.79 Å². The second kappa shape index (κ2) is 9.05. The third-order valence-corrected chi connectivity index (χ3v) is 5.72. The van der Waals surface area contributed by atoms with E-state index in [4.69, 9.17) is 0 Å². The Bertz CT molecular complexity index is 738. The topological polar surface area (TPSA) is 35.6 Å². The molecule has 2 aromatic rings. The van der Waals surface area contributed by atoms with E-state index in [1.165, 1.54) is 11.3 Å². The fourth-order valence-corrected chi connectivity index (χ4v) is 3.67. The number of nitrogens with zero attached hydrogens (tertiary/aromatic N) is 2. The summed E-state index contributed by atoms with van der Waals surface area (Å²) in [6.07, 6.45) is 1.06. The van der Waals surface area contributed by atoms with E-state index >= 15 is 0 Å². The van der Waals surface area contributed by atoms with Crippen LogP contribution in [0.15, 0.2) is 54.6 Å². The highest BCUT2D eigenvalue weighted by atomic mass is 16.2. The molecule has 3 rings (SSSR count). The zero-order valence-corrected chi connectivity index (χ0v) is 16.7. The fourth-order valence-electron chi connectivity index (χ4n) is 3.67. The van der Waals surface area contributed by atoms with Gasteiger partial charge in [0.05, 0.1) is 6.04 Å². The van der Waals surface area contributed by atoms with E-state index in [-0.39, 0.29) is 11.9 Å². The first-order valence-corrected chi connectivity index (χ1v) is 10.0. The third-order valence-electron chi connectivity index (χ3n) is 5.72. The van der Waals surface area contributed by atoms with E-state index in [0.717, 1.165) is 38.3 Å². The van der Waals surface area contributed by atoms with Crippen LogP contribution < -0.4 is 10.2 Å². The van der Waals surface area contributed by atoms with Gasteiger partial charge in [-0.25, -0.2) is 0 Å². The van der Waals surface area contributed by atoms with Crippen LogP contribution in [0, 0.1) is 0 Å². The molecule has 4 heteroatoms. The number of amides is 1. The summed E-state index contributed by atoms with van der Waals surface area (Å²) in [6, 6.07) is 18.5. The molecular formula is C23H31N3O. The Morgan fingerprint density at radius 3 is 2.26 bits per heavy atom. The lowest BCUT2D eigenvalue weighted by Crippen LogP contribution is -2.52. The zero-order valence-electron chi connectivity index (χ0n) is 16.7. The van der Waals surface area contributed by atoms with Gasteiger partial charge in [0.25, 0.3) is 0 Å². The van der Waals surface area contributed by atoms with E-state index in [2.05, 4.69) is 59.3 Å². The maximum Gasteiger partial charge on any atom is 0.241 e.